The lowest BCUT2D eigenvalue weighted by Crippen LogP contribution is -2.44. The monoisotopic (exact) mass is 306 g/mol. The molecular formula is C20H22N2O. The number of benzene rings is 2. The molecule has 1 heterocycles. The van der Waals surface area contributed by atoms with Crippen molar-refractivity contribution in [2.24, 2.45) is 17.1 Å². The molecule has 2 fully saturated rings. The predicted molar refractivity (Wildman–Crippen MR) is 91.4 cm³/mol. The summed E-state index contributed by atoms with van der Waals surface area (Å²) < 4.78 is 0. The average Bonchev–Trinajstić information content (AvgIpc) is 2.63. The van der Waals surface area contributed by atoms with Crippen LogP contribution < -0.4 is 0 Å². The molecule has 2 unspecified atom stereocenters. The van der Waals surface area contributed by atoms with E-state index in [-0.39, 0.29) is 12.1 Å². The van der Waals surface area contributed by atoms with Gasteiger partial charge in [-0.25, -0.2) is 5.01 Å². The van der Waals surface area contributed by atoms with Gasteiger partial charge in [0.05, 0.1) is 17.4 Å². The van der Waals surface area contributed by atoms with Crippen molar-refractivity contribution in [3.8, 4) is 0 Å². The fraction of sp³-hybridized carbons (Fsp3) is 0.400. The van der Waals surface area contributed by atoms with Crippen LogP contribution in [0, 0.1) is 16.7 Å². The van der Waals surface area contributed by atoms with Crippen molar-refractivity contribution in [1.29, 1.82) is 0 Å². The quantitative estimate of drug-likeness (QED) is 0.723. The molecule has 2 aromatic carbocycles. The minimum Gasteiger partial charge on any atom is -0.245 e. The van der Waals surface area contributed by atoms with Gasteiger partial charge in [-0.1, -0.05) is 67.1 Å². The number of hydrogen-bond donors (Lipinski definition) is 0. The molecule has 118 valence electrons. The van der Waals surface area contributed by atoms with Gasteiger partial charge < -0.3 is 0 Å². The highest BCUT2D eigenvalue weighted by atomic mass is 16.3. The molecule has 0 radical (unpaired) electrons. The molecule has 3 heteroatoms. The van der Waals surface area contributed by atoms with Crippen LogP contribution in [0.5, 0.6) is 0 Å². The van der Waals surface area contributed by atoms with Crippen LogP contribution in [0.2, 0.25) is 0 Å². The van der Waals surface area contributed by atoms with Crippen LogP contribution in [0.3, 0.4) is 0 Å². The zero-order valence-electron chi connectivity index (χ0n) is 13.2. The Hall–Kier alpha value is -2.16. The van der Waals surface area contributed by atoms with Crippen molar-refractivity contribution < 1.29 is 0 Å². The van der Waals surface area contributed by atoms with Gasteiger partial charge in [-0.15, -0.1) is 4.91 Å². The third kappa shape index (κ3) is 2.54. The summed E-state index contributed by atoms with van der Waals surface area (Å²) in [7, 11) is 0. The Morgan fingerprint density at radius 1 is 0.783 bits per heavy atom. The first-order valence-electron chi connectivity index (χ1n) is 8.60. The molecule has 1 saturated carbocycles. The topological polar surface area (TPSA) is 32.7 Å². The SMILES string of the molecule is O=NN1C(c2ccccc2)[C@@H]2CCC[C@@H](C2)C1c1ccccc1. The lowest BCUT2D eigenvalue weighted by Gasteiger charge is -2.50. The van der Waals surface area contributed by atoms with Crippen LogP contribution in [0.1, 0.15) is 48.9 Å². The van der Waals surface area contributed by atoms with Crippen molar-refractivity contribution in [3.05, 3.63) is 76.7 Å². The standard InChI is InChI=1S/C20H22N2O/c23-21-22-19(15-8-3-1-4-9-15)17-12-7-13-18(14-17)20(22)16-10-5-2-6-11-16/h1-6,8-11,17-20H,7,12-14H2/t17-,18+,19?,20?. The molecule has 0 amide bonds. The van der Waals surface area contributed by atoms with Crippen LogP contribution in [-0.4, -0.2) is 5.01 Å². The van der Waals surface area contributed by atoms with Crippen molar-refractivity contribution in [3.63, 3.8) is 0 Å². The van der Waals surface area contributed by atoms with Crippen molar-refractivity contribution in [2.75, 3.05) is 0 Å². The van der Waals surface area contributed by atoms with E-state index in [1.165, 1.54) is 36.8 Å². The van der Waals surface area contributed by atoms with Crippen LogP contribution in [0.25, 0.3) is 0 Å². The summed E-state index contributed by atoms with van der Waals surface area (Å²) >= 11 is 0. The molecule has 1 saturated heterocycles. The Morgan fingerprint density at radius 3 is 1.70 bits per heavy atom. The van der Waals surface area contributed by atoms with E-state index in [1.54, 1.807) is 0 Å². The first kappa shape index (κ1) is 14.4. The third-order valence-electron chi connectivity index (χ3n) is 5.59. The molecule has 4 rings (SSSR count). The minimum absolute atomic E-state index is 0.107. The van der Waals surface area contributed by atoms with Crippen LogP contribution in [0.4, 0.5) is 0 Å². The number of rotatable bonds is 3. The largest absolute Gasteiger partial charge is 0.245 e. The second-order valence-electron chi connectivity index (χ2n) is 6.86. The van der Waals surface area contributed by atoms with Gasteiger partial charge >= 0.3 is 0 Å². The van der Waals surface area contributed by atoms with Gasteiger partial charge in [-0.05, 0) is 42.2 Å². The van der Waals surface area contributed by atoms with Gasteiger partial charge in [0.25, 0.3) is 0 Å². The van der Waals surface area contributed by atoms with E-state index < -0.39 is 0 Å². The maximum atomic E-state index is 11.8. The zero-order chi connectivity index (χ0) is 15.6. The summed E-state index contributed by atoms with van der Waals surface area (Å²) in [6.45, 7) is 0. The van der Waals surface area contributed by atoms with Gasteiger partial charge in [0, 0.05) is 0 Å². The Balaban J connectivity index is 1.78. The van der Waals surface area contributed by atoms with Gasteiger partial charge in [0.15, 0.2) is 0 Å². The van der Waals surface area contributed by atoms with Gasteiger partial charge in [-0.2, -0.15) is 0 Å². The van der Waals surface area contributed by atoms with E-state index in [0.29, 0.717) is 11.8 Å². The van der Waals surface area contributed by atoms with E-state index in [9.17, 15) is 4.91 Å². The fourth-order valence-electron chi connectivity index (χ4n) is 4.70. The molecule has 3 nitrogen and oxygen atoms in total. The van der Waals surface area contributed by atoms with Crippen LogP contribution >= 0.6 is 0 Å². The van der Waals surface area contributed by atoms with E-state index in [1.807, 2.05) is 17.1 Å². The van der Waals surface area contributed by atoms with Gasteiger partial charge in [0.1, 0.15) is 0 Å². The molecule has 1 aliphatic carbocycles. The zero-order valence-corrected chi connectivity index (χ0v) is 13.2. The molecule has 0 N–H and O–H groups in total. The number of nitroso groups, excluding NO2 is 1. The highest BCUT2D eigenvalue weighted by Crippen LogP contribution is 2.53. The Kier molecular flexibility index (Phi) is 3.86. The normalized spacial score (nSPS) is 30.0. The smallest absolute Gasteiger partial charge is 0.0787 e. The molecule has 0 aromatic heterocycles. The molecular weight excluding hydrogens is 284 g/mol. The molecule has 2 bridgehead atoms. The average molecular weight is 306 g/mol. The molecule has 1 aliphatic heterocycles. The summed E-state index contributed by atoms with van der Waals surface area (Å²) in [5, 5.41) is 5.39. The highest BCUT2D eigenvalue weighted by molar-refractivity contribution is 5.26. The van der Waals surface area contributed by atoms with Crippen molar-refractivity contribution >= 4 is 0 Å². The van der Waals surface area contributed by atoms with Crippen molar-refractivity contribution in [1.82, 2.24) is 5.01 Å². The van der Waals surface area contributed by atoms with Crippen LogP contribution in [0.15, 0.2) is 65.9 Å². The number of fused-ring (bicyclic) bond motifs is 2. The maximum Gasteiger partial charge on any atom is 0.0787 e. The van der Waals surface area contributed by atoms with E-state index in [0.717, 1.165) is 0 Å². The summed E-state index contributed by atoms with van der Waals surface area (Å²) in [5.74, 6) is 1.07. The number of piperidine rings is 1. The Labute approximate surface area is 137 Å². The lowest BCUT2D eigenvalue weighted by atomic mass is 9.68. The summed E-state index contributed by atoms with van der Waals surface area (Å²) in [5.41, 5.74) is 2.44. The second-order valence-corrected chi connectivity index (χ2v) is 6.86. The molecule has 4 atom stereocenters. The summed E-state index contributed by atoms with van der Waals surface area (Å²) in [6, 6.07) is 21.1. The van der Waals surface area contributed by atoms with Gasteiger partial charge in [0.2, 0.25) is 0 Å². The first-order chi connectivity index (χ1) is 11.4. The minimum atomic E-state index is 0.107. The van der Waals surface area contributed by atoms with Crippen molar-refractivity contribution in [2.45, 2.75) is 37.8 Å². The third-order valence-corrected chi connectivity index (χ3v) is 5.59. The summed E-state index contributed by atoms with van der Waals surface area (Å²) in [4.78, 5) is 11.8. The maximum absolute atomic E-state index is 11.8. The summed E-state index contributed by atoms with van der Waals surface area (Å²) in [6.07, 6.45) is 4.85. The van der Waals surface area contributed by atoms with Gasteiger partial charge in [-0.3, -0.25) is 0 Å². The van der Waals surface area contributed by atoms with E-state index >= 15 is 0 Å². The Bertz CT molecular complexity index is 604. The number of nitrogens with zero attached hydrogens (tertiary/aromatic N) is 2. The van der Waals surface area contributed by atoms with Crippen LogP contribution in [-0.2, 0) is 0 Å². The van der Waals surface area contributed by atoms with E-state index in [4.69, 9.17) is 0 Å². The lowest BCUT2D eigenvalue weighted by molar-refractivity contribution is -0.0314. The molecule has 2 aromatic rings. The second kappa shape index (κ2) is 6.15. The predicted octanol–water partition coefficient (Wildman–Crippen LogP) is 5.27. The highest BCUT2D eigenvalue weighted by Gasteiger charge is 2.46. The molecule has 0 spiro atoms. The molecule has 2 aliphatic rings. The molecule has 23 heavy (non-hydrogen) atoms. The Morgan fingerprint density at radius 2 is 1.26 bits per heavy atom. The first-order valence-corrected chi connectivity index (χ1v) is 8.60. The van der Waals surface area contributed by atoms with E-state index in [2.05, 4.69) is 53.8 Å². The fourth-order valence-corrected chi connectivity index (χ4v) is 4.70. The number of hydrogen-bond acceptors (Lipinski definition) is 2.